The topological polar surface area (TPSA) is 81.4 Å². The Morgan fingerprint density at radius 1 is 1.29 bits per heavy atom. The maximum Gasteiger partial charge on any atom is 0.247 e. The van der Waals surface area contributed by atoms with E-state index in [9.17, 15) is 4.79 Å². The van der Waals surface area contributed by atoms with Crippen LogP contribution in [0.5, 0.6) is 5.88 Å². The Morgan fingerprint density at radius 2 is 2.11 bits per heavy atom. The quantitative estimate of drug-likeness (QED) is 0.574. The lowest BCUT2D eigenvalue weighted by Gasteiger charge is -2.29. The van der Waals surface area contributed by atoms with E-state index in [1.54, 1.807) is 36.1 Å². The average Bonchev–Trinajstić information content (AvgIpc) is 3.08. The normalized spacial score (nSPS) is 15.4. The number of amides is 1. The molecule has 28 heavy (non-hydrogen) atoms. The fraction of sp³-hybridized carbons (Fsp3) is 0.263. The minimum atomic E-state index is -0.825. The van der Waals surface area contributed by atoms with Gasteiger partial charge in [-0.3, -0.25) is 9.69 Å². The highest BCUT2D eigenvalue weighted by Crippen LogP contribution is 2.44. The predicted octanol–water partition coefficient (Wildman–Crippen LogP) is 4.65. The van der Waals surface area contributed by atoms with Crippen molar-refractivity contribution in [1.29, 1.82) is 0 Å². The molecular weight excluding hydrogens is 400 g/mol. The predicted molar refractivity (Wildman–Crippen MR) is 107 cm³/mol. The van der Waals surface area contributed by atoms with Crippen LogP contribution in [0.15, 0.2) is 39.9 Å². The van der Waals surface area contributed by atoms with Crippen molar-refractivity contribution in [2.45, 2.75) is 31.7 Å². The second-order valence-electron chi connectivity index (χ2n) is 6.15. The molecule has 1 aromatic carbocycles. The van der Waals surface area contributed by atoms with Gasteiger partial charge < -0.3 is 9.15 Å². The van der Waals surface area contributed by atoms with Crippen LogP contribution in [0, 0.1) is 6.92 Å². The van der Waals surface area contributed by atoms with Crippen LogP contribution in [0.25, 0.3) is 11.3 Å². The van der Waals surface area contributed by atoms with Crippen LogP contribution in [-0.4, -0.2) is 27.3 Å². The summed E-state index contributed by atoms with van der Waals surface area (Å²) in [6.07, 6.45) is 1.31. The third kappa shape index (κ3) is 3.22. The molecule has 144 valence electrons. The summed E-state index contributed by atoms with van der Waals surface area (Å²) in [6, 6.07) is 8.85. The van der Waals surface area contributed by atoms with Crippen molar-refractivity contribution in [3.05, 3.63) is 46.9 Å². The van der Waals surface area contributed by atoms with Gasteiger partial charge in [-0.2, -0.15) is 4.98 Å². The third-order valence-electron chi connectivity index (χ3n) is 4.32. The summed E-state index contributed by atoms with van der Waals surface area (Å²) in [5.41, 5.74) is 1.67. The van der Waals surface area contributed by atoms with Crippen LogP contribution in [0.4, 0.5) is 5.69 Å². The molecule has 0 aliphatic carbocycles. The fourth-order valence-corrected chi connectivity index (χ4v) is 3.50. The van der Waals surface area contributed by atoms with Gasteiger partial charge in [0, 0.05) is 17.0 Å². The van der Waals surface area contributed by atoms with E-state index in [1.165, 1.54) is 11.8 Å². The number of halogens is 1. The maximum absolute atomic E-state index is 12.9. The van der Waals surface area contributed by atoms with Crippen LogP contribution in [0.3, 0.4) is 0 Å². The molecule has 0 saturated heterocycles. The van der Waals surface area contributed by atoms with Crippen LogP contribution in [-0.2, 0) is 4.79 Å². The molecule has 3 heterocycles. The average molecular weight is 417 g/mol. The molecule has 1 unspecified atom stereocenters. The Bertz CT molecular complexity index is 1060. The Labute approximate surface area is 171 Å². The first-order valence-electron chi connectivity index (χ1n) is 8.65. The molecule has 0 radical (unpaired) electrons. The number of aromatic nitrogens is 3. The lowest BCUT2D eigenvalue weighted by atomic mass is 10.1. The molecule has 1 aliphatic heterocycles. The number of carbonyl (C=O) groups excluding carboxylic acids is 1. The van der Waals surface area contributed by atoms with Crippen LogP contribution >= 0.6 is 23.4 Å². The van der Waals surface area contributed by atoms with Gasteiger partial charge in [-0.1, -0.05) is 30.3 Å². The van der Waals surface area contributed by atoms with Crippen LogP contribution < -0.4 is 9.64 Å². The van der Waals surface area contributed by atoms with Crippen LogP contribution in [0.2, 0.25) is 5.02 Å². The number of aryl methyl sites for hydroxylation is 1. The van der Waals surface area contributed by atoms with Crippen molar-refractivity contribution in [3.63, 3.8) is 0 Å². The largest absolute Gasteiger partial charge is 0.460 e. The summed E-state index contributed by atoms with van der Waals surface area (Å²) in [5, 5.41) is 9.40. The standard InChI is InChI=1S/C19H17ClN4O3S/c1-4-15(25)24-13-7-6-11(20)9-12(13)16-17(21-19(28-3)23-22-16)27-18(24)14-8-5-10(2)26-14/h5-9,18H,4H2,1-3H3. The molecule has 0 spiro atoms. The number of thioether (sulfide) groups is 1. The van der Waals surface area contributed by atoms with Gasteiger partial charge in [-0.25, -0.2) is 0 Å². The Balaban J connectivity index is 1.99. The first-order chi connectivity index (χ1) is 13.5. The number of anilines is 1. The summed E-state index contributed by atoms with van der Waals surface area (Å²) in [7, 11) is 0. The van der Waals surface area contributed by atoms with E-state index in [4.69, 9.17) is 20.8 Å². The molecule has 1 aliphatic rings. The number of hydrogen-bond acceptors (Lipinski definition) is 7. The van der Waals surface area contributed by atoms with Crippen molar-refractivity contribution in [3.8, 4) is 17.1 Å². The highest BCUT2D eigenvalue weighted by atomic mass is 35.5. The van der Waals surface area contributed by atoms with E-state index >= 15 is 0 Å². The molecule has 0 N–H and O–H groups in total. The van der Waals surface area contributed by atoms with Gasteiger partial charge in [0.1, 0.15) is 5.76 Å². The first kappa shape index (κ1) is 18.8. The molecule has 2 aromatic heterocycles. The minimum absolute atomic E-state index is 0.131. The number of rotatable bonds is 3. The van der Waals surface area contributed by atoms with Crippen molar-refractivity contribution in [1.82, 2.24) is 15.2 Å². The SMILES string of the molecule is CCC(=O)N1c2ccc(Cl)cc2-c2nnc(SC)nc2OC1c1ccc(C)o1. The number of ether oxygens (including phenoxy) is 1. The van der Waals surface area contributed by atoms with Gasteiger partial charge in [0.15, 0.2) is 11.5 Å². The summed E-state index contributed by atoms with van der Waals surface area (Å²) >= 11 is 7.59. The Kier molecular flexibility index (Phi) is 4.99. The molecule has 1 amide bonds. The van der Waals surface area contributed by atoms with Crippen molar-refractivity contribution < 1.29 is 13.9 Å². The second kappa shape index (κ2) is 7.44. The lowest BCUT2D eigenvalue weighted by Crippen LogP contribution is -2.37. The molecule has 3 aromatic rings. The highest BCUT2D eigenvalue weighted by molar-refractivity contribution is 7.98. The van der Waals surface area contributed by atoms with Gasteiger partial charge in [0.25, 0.3) is 0 Å². The number of furan rings is 1. The fourth-order valence-electron chi connectivity index (χ4n) is 3.04. The van der Waals surface area contributed by atoms with Gasteiger partial charge >= 0.3 is 0 Å². The summed E-state index contributed by atoms with van der Waals surface area (Å²) in [5.74, 6) is 1.35. The second-order valence-corrected chi connectivity index (χ2v) is 7.36. The van der Waals surface area contributed by atoms with Crippen molar-refractivity contribution in [2.24, 2.45) is 0 Å². The molecule has 7 nitrogen and oxygen atoms in total. The van der Waals surface area contributed by atoms with E-state index < -0.39 is 6.23 Å². The summed E-state index contributed by atoms with van der Waals surface area (Å²) in [4.78, 5) is 19.0. The number of benzene rings is 1. The number of carbonyl (C=O) groups is 1. The van der Waals surface area contributed by atoms with E-state index in [0.29, 0.717) is 38.6 Å². The van der Waals surface area contributed by atoms with E-state index in [1.807, 2.05) is 19.2 Å². The summed E-state index contributed by atoms with van der Waals surface area (Å²) in [6.45, 7) is 3.63. The van der Waals surface area contributed by atoms with Gasteiger partial charge in [-0.15, -0.1) is 10.2 Å². The maximum atomic E-state index is 12.9. The highest BCUT2D eigenvalue weighted by Gasteiger charge is 2.37. The molecule has 0 bridgehead atoms. The lowest BCUT2D eigenvalue weighted by molar-refractivity contribution is -0.120. The Hall–Kier alpha value is -2.58. The zero-order valence-electron chi connectivity index (χ0n) is 15.5. The molecule has 4 rings (SSSR count). The molecular formula is C19H17ClN4O3S. The Morgan fingerprint density at radius 3 is 2.79 bits per heavy atom. The number of hydrogen-bond donors (Lipinski definition) is 0. The van der Waals surface area contributed by atoms with E-state index in [2.05, 4.69) is 15.2 Å². The zero-order chi connectivity index (χ0) is 19.8. The first-order valence-corrected chi connectivity index (χ1v) is 10.3. The van der Waals surface area contributed by atoms with Crippen LogP contribution in [0.1, 0.15) is 31.1 Å². The van der Waals surface area contributed by atoms with E-state index in [-0.39, 0.29) is 18.2 Å². The smallest absolute Gasteiger partial charge is 0.247 e. The van der Waals surface area contributed by atoms with E-state index in [0.717, 1.165) is 0 Å². The van der Waals surface area contributed by atoms with Gasteiger partial charge in [0.05, 0.1) is 5.69 Å². The molecule has 1 atom stereocenters. The monoisotopic (exact) mass is 416 g/mol. The number of fused-ring (bicyclic) bond motifs is 3. The third-order valence-corrected chi connectivity index (χ3v) is 5.10. The zero-order valence-corrected chi connectivity index (χ0v) is 17.0. The van der Waals surface area contributed by atoms with Crippen molar-refractivity contribution >= 4 is 35.0 Å². The van der Waals surface area contributed by atoms with Gasteiger partial charge in [-0.05, 0) is 43.5 Å². The molecule has 0 saturated carbocycles. The summed E-state index contributed by atoms with van der Waals surface area (Å²) < 4.78 is 12.0. The minimum Gasteiger partial charge on any atom is -0.460 e. The van der Waals surface area contributed by atoms with Crippen molar-refractivity contribution in [2.75, 3.05) is 11.2 Å². The van der Waals surface area contributed by atoms with Gasteiger partial charge in [0.2, 0.25) is 23.2 Å². The molecule has 0 fully saturated rings. The molecule has 9 heteroatoms. The number of nitrogens with zero attached hydrogens (tertiary/aromatic N) is 4.